The van der Waals surface area contributed by atoms with Crippen LogP contribution in [0.4, 0.5) is 0 Å². The van der Waals surface area contributed by atoms with Gasteiger partial charge in [0.2, 0.25) is 0 Å². The van der Waals surface area contributed by atoms with Gasteiger partial charge in [-0.3, -0.25) is 4.79 Å². The van der Waals surface area contributed by atoms with Crippen molar-refractivity contribution in [3.8, 4) is 0 Å². The molecule has 2 rings (SSSR count). The van der Waals surface area contributed by atoms with E-state index in [1.807, 2.05) is 31.2 Å². The topological polar surface area (TPSA) is 56.0 Å². The molecule has 0 amide bonds. The number of carbonyl (C=O) groups is 1. The number of nitrogens with two attached hydrogens (primary N) is 1. The van der Waals surface area contributed by atoms with Crippen molar-refractivity contribution >= 4 is 27.3 Å². The minimum atomic E-state index is -0.0168. The number of hydrogen-bond donors (Lipinski definition) is 1. The molecule has 3 nitrogen and oxygen atoms in total. The Kier molecular flexibility index (Phi) is 3.86. The smallest absolute Gasteiger partial charge is 0.141 e. The lowest BCUT2D eigenvalue weighted by atomic mass is 10.1. The maximum absolute atomic E-state index is 11.7. The summed E-state index contributed by atoms with van der Waals surface area (Å²) in [7, 11) is 0. The van der Waals surface area contributed by atoms with Crippen LogP contribution in [0.25, 0.3) is 10.2 Å². The molecule has 2 N–H and O–H groups in total. The Balaban J connectivity index is 2.05. The Morgan fingerprint density at radius 2 is 2.24 bits per heavy atom. The number of ketones is 1. The molecule has 1 unspecified atom stereocenters. The normalized spacial score (nSPS) is 12.8. The summed E-state index contributed by atoms with van der Waals surface area (Å²) in [5.41, 5.74) is 6.74. The first-order valence-electron chi connectivity index (χ1n) is 5.80. The van der Waals surface area contributed by atoms with Gasteiger partial charge in [0, 0.05) is 12.5 Å². The average molecular weight is 248 g/mol. The van der Waals surface area contributed by atoms with E-state index < -0.39 is 0 Å². The Morgan fingerprint density at radius 3 is 2.94 bits per heavy atom. The third kappa shape index (κ3) is 3.11. The second-order valence-corrected chi connectivity index (χ2v) is 5.28. The van der Waals surface area contributed by atoms with E-state index in [-0.39, 0.29) is 11.8 Å². The molecule has 0 bridgehead atoms. The van der Waals surface area contributed by atoms with Gasteiger partial charge < -0.3 is 5.73 Å². The van der Waals surface area contributed by atoms with Crippen LogP contribution in [-0.2, 0) is 11.2 Å². The maximum atomic E-state index is 11.7. The molecule has 1 aromatic carbocycles. The van der Waals surface area contributed by atoms with Gasteiger partial charge in [0.05, 0.1) is 16.6 Å². The number of aromatic nitrogens is 1. The van der Waals surface area contributed by atoms with Gasteiger partial charge >= 0.3 is 0 Å². The number of Topliss-reactive ketones (excluding diaryl/α,β-unsaturated/α-hetero) is 1. The van der Waals surface area contributed by atoms with Gasteiger partial charge in [0.25, 0.3) is 0 Å². The highest BCUT2D eigenvalue weighted by atomic mass is 32.1. The van der Waals surface area contributed by atoms with Crippen LogP contribution in [0.5, 0.6) is 0 Å². The predicted molar refractivity (Wildman–Crippen MR) is 71.2 cm³/mol. The highest BCUT2D eigenvalue weighted by molar-refractivity contribution is 7.18. The van der Waals surface area contributed by atoms with Crippen molar-refractivity contribution in [3.05, 3.63) is 29.3 Å². The number of carbonyl (C=O) groups excluding carboxylic acids is 1. The summed E-state index contributed by atoms with van der Waals surface area (Å²) in [4.78, 5) is 16.2. The maximum Gasteiger partial charge on any atom is 0.141 e. The summed E-state index contributed by atoms with van der Waals surface area (Å²) in [6.45, 7) is 2.00. The monoisotopic (exact) mass is 248 g/mol. The molecular formula is C13H16N2OS. The van der Waals surface area contributed by atoms with Crippen LogP contribution in [-0.4, -0.2) is 16.8 Å². The van der Waals surface area contributed by atoms with Crippen molar-refractivity contribution in [2.45, 2.75) is 32.2 Å². The Hall–Kier alpha value is -1.26. The number of thiazole rings is 1. The summed E-state index contributed by atoms with van der Waals surface area (Å²) in [6.07, 6.45) is 1.70. The molecular weight excluding hydrogens is 232 g/mol. The molecule has 0 aliphatic heterocycles. The van der Waals surface area contributed by atoms with E-state index in [0.717, 1.165) is 21.6 Å². The molecule has 90 valence electrons. The third-order valence-electron chi connectivity index (χ3n) is 2.70. The fourth-order valence-electron chi connectivity index (χ4n) is 1.67. The van der Waals surface area contributed by atoms with Crippen LogP contribution in [0.2, 0.25) is 0 Å². The Labute approximate surface area is 105 Å². The van der Waals surface area contributed by atoms with E-state index >= 15 is 0 Å². The van der Waals surface area contributed by atoms with Crippen molar-refractivity contribution in [2.24, 2.45) is 5.73 Å². The molecule has 0 aliphatic carbocycles. The summed E-state index contributed by atoms with van der Waals surface area (Å²) in [5.74, 6) is 0.179. The van der Waals surface area contributed by atoms with Crippen molar-refractivity contribution < 1.29 is 4.79 Å². The molecule has 4 heteroatoms. The lowest BCUT2D eigenvalue weighted by Gasteiger charge is -2.05. The standard InChI is InChI=1S/C13H16N2OS/c1-2-9(14)7-10(16)8-13-15-11-5-3-4-6-12(11)17-13/h3-6,9H,2,7-8,14H2,1H3. The van der Waals surface area contributed by atoms with Crippen LogP contribution in [0, 0.1) is 0 Å². The van der Waals surface area contributed by atoms with E-state index in [4.69, 9.17) is 5.73 Å². The summed E-state index contributed by atoms with van der Waals surface area (Å²) < 4.78 is 1.13. The molecule has 1 aromatic heterocycles. The number of fused-ring (bicyclic) bond motifs is 1. The second kappa shape index (κ2) is 5.38. The van der Waals surface area contributed by atoms with Gasteiger partial charge in [-0.05, 0) is 18.6 Å². The van der Waals surface area contributed by atoms with Gasteiger partial charge in [-0.15, -0.1) is 11.3 Å². The Morgan fingerprint density at radius 1 is 1.47 bits per heavy atom. The zero-order valence-electron chi connectivity index (χ0n) is 9.85. The zero-order valence-corrected chi connectivity index (χ0v) is 10.7. The van der Waals surface area contributed by atoms with Crippen LogP contribution < -0.4 is 5.73 Å². The summed E-state index contributed by atoms with van der Waals surface area (Å²) >= 11 is 1.59. The van der Waals surface area contributed by atoms with Crippen LogP contribution >= 0.6 is 11.3 Å². The van der Waals surface area contributed by atoms with E-state index in [9.17, 15) is 4.79 Å². The fraction of sp³-hybridized carbons (Fsp3) is 0.385. The number of hydrogen-bond acceptors (Lipinski definition) is 4. The minimum Gasteiger partial charge on any atom is -0.327 e. The highest BCUT2D eigenvalue weighted by Crippen LogP contribution is 2.22. The molecule has 0 radical (unpaired) electrons. The first-order chi connectivity index (χ1) is 8.19. The Bertz CT molecular complexity index is 488. The SMILES string of the molecule is CCC(N)CC(=O)Cc1nc2ccccc2s1. The second-order valence-electron chi connectivity index (χ2n) is 4.16. The van der Waals surface area contributed by atoms with Crippen LogP contribution in [0.1, 0.15) is 24.8 Å². The lowest BCUT2D eigenvalue weighted by molar-refractivity contribution is -0.118. The summed E-state index contributed by atoms with van der Waals surface area (Å²) in [6, 6.07) is 7.92. The van der Waals surface area contributed by atoms with Crippen molar-refractivity contribution in [3.63, 3.8) is 0 Å². The number of benzene rings is 1. The van der Waals surface area contributed by atoms with Crippen LogP contribution in [0.3, 0.4) is 0 Å². The molecule has 1 heterocycles. The molecule has 2 aromatic rings. The van der Waals surface area contributed by atoms with Crippen LogP contribution in [0.15, 0.2) is 24.3 Å². The van der Waals surface area contributed by atoms with E-state index in [1.54, 1.807) is 11.3 Å². The van der Waals surface area contributed by atoms with Gasteiger partial charge in [0.15, 0.2) is 0 Å². The highest BCUT2D eigenvalue weighted by Gasteiger charge is 2.11. The van der Waals surface area contributed by atoms with Gasteiger partial charge in [-0.25, -0.2) is 4.98 Å². The molecule has 0 spiro atoms. The number of rotatable bonds is 5. The lowest BCUT2D eigenvalue weighted by Crippen LogP contribution is -2.23. The predicted octanol–water partition coefficient (Wildman–Crippen LogP) is 2.54. The first-order valence-corrected chi connectivity index (χ1v) is 6.62. The first kappa shape index (κ1) is 12.2. The van der Waals surface area contributed by atoms with Gasteiger partial charge in [-0.1, -0.05) is 19.1 Å². The molecule has 0 fully saturated rings. The zero-order chi connectivity index (χ0) is 12.3. The van der Waals surface area contributed by atoms with E-state index in [1.165, 1.54) is 0 Å². The molecule has 1 atom stereocenters. The molecule has 0 saturated heterocycles. The van der Waals surface area contributed by atoms with Gasteiger partial charge in [-0.2, -0.15) is 0 Å². The van der Waals surface area contributed by atoms with Crippen molar-refractivity contribution in [2.75, 3.05) is 0 Å². The third-order valence-corrected chi connectivity index (χ3v) is 3.74. The average Bonchev–Trinajstić information content (AvgIpc) is 2.70. The molecule has 17 heavy (non-hydrogen) atoms. The number of nitrogens with zero attached hydrogens (tertiary/aromatic N) is 1. The van der Waals surface area contributed by atoms with Crippen molar-refractivity contribution in [1.29, 1.82) is 0 Å². The molecule has 0 saturated carbocycles. The largest absolute Gasteiger partial charge is 0.327 e. The summed E-state index contributed by atoms with van der Waals surface area (Å²) in [5, 5.41) is 0.888. The van der Waals surface area contributed by atoms with E-state index in [2.05, 4.69) is 4.98 Å². The number of para-hydroxylation sites is 1. The van der Waals surface area contributed by atoms with E-state index in [0.29, 0.717) is 12.8 Å². The minimum absolute atomic E-state index is 0.0168. The fourth-order valence-corrected chi connectivity index (χ4v) is 2.67. The van der Waals surface area contributed by atoms with Crippen molar-refractivity contribution in [1.82, 2.24) is 4.98 Å². The molecule has 0 aliphatic rings. The quantitative estimate of drug-likeness (QED) is 0.884. The van der Waals surface area contributed by atoms with Gasteiger partial charge in [0.1, 0.15) is 10.8 Å².